The summed E-state index contributed by atoms with van der Waals surface area (Å²) in [6.45, 7) is 18.5. The minimum atomic E-state index is -5.60. The van der Waals surface area contributed by atoms with Crippen molar-refractivity contribution in [3.05, 3.63) is 217 Å². The molecule has 132 heavy (non-hydrogen) atoms. The number of allylic oxidation sites excluding steroid dienone is 8. The first-order chi connectivity index (χ1) is 61.3. The van der Waals surface area contributed by atoms with Gasteiger partial charge in [0.05, 0.1) is 54.7 Å². The molecule has 8 unspecified atom stereocenters. The summed E-state index contributed by atoms with van der Waals surface area (Å²) in [5, 5.41) is 35.5. The van der Waals surface area contributed by atoms with Gasteiger partial charge in [-0.25, -0.2) is 37.4 Å². The Bertz CT molecular complexity index is 5590. The number of aliphatic hydroxyl groups is 3. The molecule has 20 atom stereocenters. The third-order valence-electron chi connectivity index (χ3n) is 19.4. The number of aromatic amines is 4. The van der Waals surface area contributed by atoms with Crippen LogP contribution in [0.2, 0.25) is 0 Å². The van der Waals surface area contributed by atoms with Gasteiger partial charge in [0.2, 0.25) is 0 Å². The van der Waals surface area contributed by atoms with Gasteiger partial charge in [-0.1, -0.05) is 61.6 Å². The summed E-state index contributed by atoms with van der Waals surface area (Å²) in [6.07, 6.45) is 24.6. The summed E-state index contributed by atoms with van der Waals surface area (Å²) in [4.78, 5) is 208. The summed E-state index contributed by atoms with van der Waals surface area (Å²) in [5.41, 5.74) is -4.22. The number of aromatic nitrogens is 8. The number of fused-ring (bicyclic) bond motifs is 3. The van der Waals surface area contributed by atoms with Crippen molar-refractivity contribution >= 4 is 60.7 Å². The van der Waals surface area contributed by atoms with Crippen molar-refractivity contribution in [1.29, 1.82) is 0 Å². The number of ether oxygens (including phenoxy) is 12. The molecule has 0 bridgehead atoms. The van der Waals surface area contributed by atoms with Crippen molar-refractivity contribution in [2.24, 2.45) is 5.92 Å². The number of carbonyl (C=O) groups is 5. The minimum Gasteiger partial charge on any atom is -0.458 e. The molecular formula is C78H108N8O42P4. The predicted molar refractivity (Wildman–Crippen MR) is 453 cm³/mol. The molecule has 3 saturated carbocycles. The molecule has 0 spiro atoms. The van der Waals surface area contributed by atoms with Crippen molar-refractivity contribution in [1.82, 2.24) is 38.2 Å². The summed E-state index contributed by atoms with van der Waals surface area (Å²) in [6, 6.07) is 3.24. The van der Waals surface area contributed by atoms with E-state index < -0.39 is 203 Å². The van der Waals surface area contributed by atoms with Crippen LogP contribution in [0.25, 0.3) is 0 Å². The molecular weight excluding hydrogens is 1840 g/mol. The Morgan fingerprint density at radius 3 is 1.16 bits per heavy atom. The Hall–Kier alpha value is -9.63. The third kappa shape index (κ3) is 36.0. The molecule has 16 rings (SSSR count). The van der Waals surface area contributed by atoms with Crippen LogP contribution < -0.4 is 45.0 Å². The molecule has 0 aromatic carbocycles. The lowest BCUT2D eigenvalue weighted by molar-refractivity contribution is -0.231. The lowest BCUT2D eigenvalue weighted by atomic mass is 10.1. The molecule has 50 nitrogen and oxygen atoms in total. The summed E-state index contributed by atoms with van der Waals surface area (Å²) >= 11 is 0. The molecule has 0 radical (unpaired) electrons. The zero-order valence-corrected chi connectivity index (χ0v) is 76.7. The number of aliphatic hydroxyl groups excluding tert-OH is 3. The van der Waals surface area contributed by atoms with Crippen molar-refractivity contribution in [2.75, 3.05) is 12.7 Å². The maximum atomic E-state index is 12.2. The number of rotatable bonds is 16. The van der Waals surface area contributed by atoms with Crippen LogP contribution in [0, 0.1) is 5.92 Å². The number of H-pyrrole nitrogens is 4. The van der Waals surface area contributed by atoms with Crippen LogP contribution in [0.5, 0.6) is 0 Å². The first kappa shape index (κ1) is 109. The first-order valence-electron chi connectivity index (χ1n) is 40.4. The topological polar surface area (TPSA) is 717 Å². The highest BCUT2D eigenvalue weighted by Gasteiger charge is 2.58. The largest absolute Gasteiger partial charge is 0.488 e. The fraction of sp³-hybridized carbons (Fsp3) is 0.551. The van der Waals surface area contributed by atoms with Gasteiger partial charge in [-0.15, -0.1) is 0 Å². The molecule has 732 valence electrons. The Kier molecular flexibility index (Phi) is 39.4. The van der Waals surface area contributed by atoms with Gasteiger partial charge in [-0.2, -0.15) is 9.57 Å². The van der Waals surface area contributed by atoms with Crippen LogP contribution in [0.15, 0.2) is 172 Å². The normalized spacial score (nSPS) is 28.3. The molecule has 4 aliphatic heterocycles. The molecule has 4 aromatic heterocycles. The Morgan fingerprint density at radius 1 is 0.462 bits per heavy atom. The Morgan fingerprint density at radius 2 is 0.848 bits per heavy atom. The van der Waals surface area contributed by atoms with Gasteiger partial charge in [-0.05, 0) is 97.8 Å². The van der Waals surface area contributed by atoms with Crippen LogP contribution >= 0.6 is 30.8 Å². The van der Waals surface area contributed by atoms with Crippen molar-refractivity contribution in [3.63, 3.8) is 0 Å². The van der Waals surface area contributed by atoms with Gasteiger partial charge >= 0.3 is 83.4 Å². The van der Waals surface area contributed by atoms with Crippen LogP contribution in [0.3, 0.4) is 0 Å². The van der Waals surface area contributed by atoms with Gasteiger partial charge in [0.25, 0.3) is 22.2 Å². The third-order valence-corrected chi connectivity index (χ3v) is 23.9. The highest BCUT2D eigenvalue weighted by molar-refractivity contribution is 7.68. The number of carbonyl (C=O) groups excluding carboxylic acids is 5. The summed E-state index contributed by atoms with van der Waals surface area (Å²) < 4.78 is 122. The van der Waals surface area contributed by atoms with Gasteiger partial charge < -0.3 is 106 Å². The number of esters is 4. The molecule has 8 aliphatic carbocycles. The molecule has 12 aliphatic rings. The van der Waals surface area contributed by atoms with Crippen LogP contribution in [-0.4, -0.2) is 227 Å². The van der Waals surface area contributed by atoms with E-state index in [4.69, 9.17) is 82.0 Å². The lowest BCUT2D eigenvalue weighted by Crippen LogP contribution is -2.36. The lowest BCUT2D eigenvalue weighted by Gasteiger charge is -2.24. The highest BCUT2D eigenvalue weighted by Crippen LogP contribution is 2.66. The maximum Gasteiger partial charge on any atom is 0.488 e. The van der Waals surface area contributed by atoms with Crippen LogP contribution in [-0.2, 0) is 113 Å². The van der Waals surface area contributed by atoms with Crippen molar-refractivity contribution < 1.29 is 163 Å². The number of nitrogens with one attached hydrogen (secondary N) is 4. The maximum absolute atomic E-state index is 12.2. The van der Waals surface area contributed by atoms with E-state index in [1.165, 1.54) is 94.7 Å². The SMILES string of the molecule is C1=CC2=C(C1)O2.C1=CCC=C1.CC(=O)OC(C)=O.CC(=O)OO.CC(=O)O[C@H]1C=C[C@@H](C)C1.CC(=O)O[C@H]1C=C[C@@H](O)C1.CC1(C)OC2C(O1)[C@@H](O)C[C@H]2n1ccc(=O)[nH]c1=O.CC1(C)OC2C(O1)[C@H](n1ccc(=O)[nH]c1=O)C[C@@H]2OCP(=O)(O)O.CC1(C)OC2C(O1)[C@H](n1ccc(=O)[nH]c1=O)C[C@@H]2OCP(=O)(O)OP(=O)(O)OP(=O)(O)O.O=c1ccn([C@H]2C=C[C@@H](O)C2)c(=O)[nH]1. The number of hydrogen-bond acceptors (Lipinski definition) is 36. The van der Waals surface area contributed by atoms with Gasteiger partial charge in [0.1, 0.15) is 61.5 Å². The zero-order chi connectivity index (χ0) is 98.5. The molecule has 54 heteroatoms. The zero-order valence-electron chi connectivity index (χ0n) is 73.1. The van der Waals surface area contributed by atoms with Gasteiger partial charge in [0, 0.05) is 103 Å². The molecule has 14 N–H and O–H groups in total. The van der Waals surface area contributed by atoms with E-state index in [0.717, 1.165) is 38.0 Å². The average Bonchev–Trinajstić information content (AvgIpc) is 1.61. The van der Waals surface area contributed by atoms with Crippen LogP contribution in [0.1, 0.15) is 159 Å². The Balaban J connectivity index is 0.000000213. The number of hydrogen-bond donors (Lipinski definition) is 14. The van der Waals surface area contributed by atoms with Gasteiger partial charge in [-0.3, -0.25) is 85.7 Å². The molecule has 6 fully saturated rings. The highest BCUT2D eigenvalue weighted by atomic mass is 31.3. The number of nitrogens with zero attached hydrogens (tertiary/aromatic N) is 4. The molecule has 8 heterocycles. The number of phosphoric acid groups is 2. The van der Waals surface area contributed by atoms with E-state index >= 15 is 0 Å². The van der Waals surface area contributed by atoms with E-state index in [-0.39, 0.29) is 49.1 Å². The second kappa shape index (κ2) is 47.5. The fourth-order valence-corrected chi connectivity index (χ4v) is 18.3. The summed E-state index contributed by atoms with van der Waals surface area (Å²) in [5.74, 6) is -2.25. The van der Waals surface area contributed by atoms with E-state index in [0.29, 0.717) is 25.2 Å². The van der Waals surface area contributed by atoms with Gasteiger partial charge in [0.15, 0.2) is 28.9 Å². The molecule has 3 saturated heterocycles. The fourth-order valence-electron chi connectivity index (χ4n) is 14.6. The van der Waals surface area contributed by atoms with Crippen molar-refractivity contribution in [3.8, 4) is 0 Å². The molecule has 0 amide bonds. The van der Waals surface area contributed by atoms with E-state index in [1.54, 1.807) is 65.8 Å². The predicted octanol–water partition coefficient (Wildman–Crippen LogP) is 2.60. The van der Waals surface area contributed by atoms with E-state index in [1.807, 2.05) is 12.2 Å². The second-order valence-electron chi connectivity index (χ2n) is 31.9. The van der Waals surface area contributed by atoms with Crippen LogP contribution in [0.4, 0.5) is 0 Å². The van der Waals surface area contributed by atoms with E-state index in [2.05, 4.69) is 81.6 Å². The minimum absolute atomic E-state index is 0.0210. The van der Waals surface area contributed by atoms with E-state index in [9.17, 15) is 101 Å². The smallest absolute Gasteiger partial charge is 0.458 e. The van der Waals surface area contributed by atoms with Crippen molar-refractivity contribution in [2.45, 2.75) is 255 Å². The Labute approximate surface area is 749 Å². The standard InChI is InChI=1S/C13H21N2O14P3.C13H19N2O8P.C12H16N2O5.C9H10N2O3.C8H12O2.C7H10O3.C5H4O.C5H6.C4H6O3.C2H4O3/c1-13(2)26-10-7(15-4-3-9(16)14-12(15)17)5-8(11(10)27-13)25-6-30(18,19)28-32(23,24)29-31(20,21)22;1-13(2)22-10-7(15-4-3-9(16)14-12(15)17)5-8(11(10)23-13)21-6-24(18,19)20;1-12(2)18-9-6(5-7(15)10(9)19-12)14-4-3-8(16)13-11(14)17;12-7-2-1-6(5-7)11-4-3-8(13)10-9(11)14;1-6-3-4-8(5-6)10-7(2)9;1-5(8)10-7-3-2-6(9)4-7;1-2-4-5(3-1)6-4;1-2-4-5-3-1;1-3(5)7-4(2)6;1-2(3)5-4/h3-4,7-8,10-11H,5-6H2,1-2H3,(H,18,19)(H,23,24)(H,14,16,17)(H2,20,21,22);3-4,7-8,10-11H,5-6H2,1-2H3,(H,14,16,17)(H2,18,19,20);3-4,6-7,9-10,15H,5H2,1-2H3,(H,13,16,17);1-4,6-7,12H,5H2,(H,10,13,14);3-4,6,8H,5H2,1-2H3;2-3,6-7,9H,4H2,1H3;1-2H,3H2;1-4H,5H2;1-2H3;4H,1H3/t2*7-,8+,10?,11?;6-,7+,9?,10?;6-,7+;6-,8+;6-,7+;;;;/m111011..../s1. The monoisotopic (exact) mass is 1950 g/mol. The molecule has 4 aromatic rings. The first-order valence-corrected chi connectivity index (χ1v) is 47.0. The average molecular weight is 1950 g/mol. The quantitative estimate of drug-likeness (QED) is 0.0146. The second-order valence-corrected chi connectivity index (χ2v) is 38.3. The summed E-state index contributed by atoms with van der Waals surface area (Å²) in [7, 11) is -20.5.